The lowest BCUT2D eigenvalue weighted by Crippen LogP contribution is -2.45. The van der Waals surface area contributed by atoms with Crippen LogP contribution in [0.15, 0.2) is 48.5 Å². The topological polar surface area (TPSA) is 84.9 Å². The molecular weight excluding hydrogens is 558 g/mol. The van der Waals surface area contributed by atoms with E-state index in [4.69, 9.17) is 39.5 Å². The minimum absolute atomic E-state index is 0.0117. The highest BCUT2D eigenvalue weighted by molar-refractivity contribution is 6.18. The number of hydrogen-bond donors (Lipinski definition) is 1. The van der Waals surface area contributed by atoms with Gasteiger partial charge >= 0.3 is 12.1 Å². The molecule has 0 aromatic heterocycles. The van der Waals surface area contributed by atoms with Crippen LogP contribution in [0.3, 0.4) is 0 Å². The first-order valence-corrected chi connectivity index (χ1v) is 13.9. The van der Waals surface area contributed by atoms with E-state index in [2.05, 4.69) is 5.32 Å². The third-order valence-electron chi connectivity index (χ3n) is 5.86. The summed E-state index contributed by atoms with van der Waals surface area (Å²) in [6.07, 6.45) is -1.60. The molecular formula is C30H39Cl2FN2O5. The van der Waals surface area contributed by atoms with Crippen LogP contribution >= 0.6 is 23.2 Å². The SMILES string of the molecule is [2H]C([2H])([2H])C([2H])([2H])OC(=O)[C@@H](CC(=O)[C@H](Cc1ccc(N(CCCl)CCCl)cc1)NC(=O)OC(C)(C)C)Cc1ccc(F)cc1. The molecule has 220 valence electrons. The first-order valence-electron chi connectivity index (χ1n) is 15.3. The van der Waals surface area contributed by atoms with Crippen molar-refractivity contribution in [3.05, 3.63) is 65.5 Å². The van der Waals surface area contributed by atoms with Crippen LogP contribution in [-0.4, -0.2) is 60.9 Å². The molecule has 10 heteroatoms. The Balaban J connectivity index is 2.38. The number of rotatable bonds is 15. The van der Waals surface area contributed by atoms with Gasteiger partial charge in [-0.05, 0) is 75.9 Å². The summed E-state index contributed by atoms with van der Waals surface area (Å²) < 4.78 is 61.2. The molecule has 1 amide bonds. The molecule has 0 radical (unpaired) electrons. The highest BCUT2D eigenvalue weighted by Gasteiger charge is 2.30. The molecule has 0 saturated heterocycles. The number of hydrogen-bond acceptors (Lipinski definition) is 6. The number of nitrogens with one attached hydrogen (secondary N) is 1. The third kappa shape index (κ3) is 11.7. The van der Waals surface area contributed by atoms with E-state index in [0.29, 0.717) is 36.0 Å². The van der Waals surface area contributed by atoms with Gasteiger partial charge in [0.1, 0.15) is 11.4 Å². The van der Waals surface area contributed by atoms with Crippen LogP contribution in [0.4, 0.5) is 14.9 Å². The molecule has 40 heavy (non-hydrogen) atoms. The summed E-state index contributed by atoms with van der Waals surface area (Å²) in [6.45, 7) is -0.510. The van der Waals surface area contributed by atoms with E-state index in [1.807, 2.05) is 17.0 Å². The molecule has 1 N–H and O–H groups in total. The second kappa shape index (κ2) is 16.4. The van der Waals surface area contributed by atoms with E-state index < -0.39 is 61.1 Å². The lowest BCUT2D eigenvalue weighted by Gasteiger charge is -2.25. The quantitative estimate of drug-likeness (QED) is 0.201. The van der Waals surface area contributed by atoms with Crippen molar-refractivity contribution in [2.45, 2.75) is 58.5 Å². The summed E-state index contributed by atoms with van der Waals surface area (Å²) in [5.74, 6) is -2.99. The molecule has 0 aliphatic heterocycles. The lowest BCUT2D eigenvalue weighted by atomic mass is 9.90. The number of carbonyl (C=O) groups is 3. The molecule has 0 fully saturated rings. The molecule has 2 rings (SSSR count). The van der Waals surface area contributed by atoms with Gasteiger partial charge in [0.25, 0.3) is 0 Å². The number of halogens is 3. The van der Waals surface area contributed by atoms with Gasteiger partial charge in [0.15, 0.2) is 5.78 Å². The Morgan fingerprint density at radius 3 is 2.12 bits per heavy atom. The average molecular weight is 603 g/mol. The summed E-state index contributed by atoms with van der Waals surface area (Å²) in [5, 5.41) is 2.57. The van der Waals surface area contributed by atoms with Crippen LogP contribution in [0.2, 0.25) is 0 Å². The van der Waals surface area contributed by atoms with Gasteiger partial charge in [0.05, 0.1) is 21.3 Å². The highest BCUT2D eigenvalue weighted by atomic mass is 35.5. The van der Waals surface area contributed by atoms with Gasteiger partial charge in [-0.3, -0.25) is 9.59 Å². The minimum atomic E-state index is -3.33. The molecule has 0 bridgehead atoms. The van der Waals surface area contributed by atoms with E-state index in [-0.39, 0.29) is 12.8 Å². The van der Waals surface area contributed by atoms with E-state index in [1.54, 1.807) is 32.9 Å². The van der Waals surface area contributed by atoms with E-state index >= 15 is 0 Å². The monoisotopic (exact) mass is 601 g/mol. The largest absolute Gasteiger partial charge is 0.466 e. The molecule has 2 aromatic rings. The predicted octanol–water partition coefficient (Wildman–Crippen LogP) is 5.93. The number of Topliss-reactive ketones (excluding diaryl/α,β-unsaturated/α-hetero) is 1. The lowest BCUT2D eigenvalue weighted by molar-refractivity contribution is -0.149. The van der Waals surface area contributed by atoms with Crippen molar-refractivity contribution in [1.82, 2.24) is 5.32 Å². The number of nitrogens with zero attached hydrogens (tertiary/aromatic N) is 1. The zero-order valence-electron chi connectivity index (χ0n) is 27.8. The van der Waals surface area contributed by atoms with Crippen LogP contribution in [0, 0.1) is 11.7 Å². The summed E-state index contributed by atoms with van der Waals surface area (Å²) in [5.41, 5.74) is 1.07. The normalized spacial score (nSPS) is 15.3. The molecule has 2 aromatic carbocycles. The number of ketones is 1. The van der Waals surface area contributed by atoms with Gasteiger partial charge < -0.3 is 19.7 Å². The average Bonchev–Trinajstić information content (AvgIpc) is 2.92. The highest BCUT2D eigenvalue weighted by Crippen LogP contribution is 2.20. The Kier molecular flexibility index (Phi) is 10.7. The number of alkyl halides is 2. The molecule has 0 aliphatic rings. The number of alkyl carbamates (subject to hydrolysis) is 1. The van der Waals surface area contributed by atoms with Crippen molar-refractivity contribution >= 4 is 46.7 Å². The van der Waals surface area contributed by atoms with Crippen molar-refractivity contribution in [2.75, 3.05) is 36.3 Å². The molecule has 0 unspecified atom stereocenters. The molecule has 0 spiro atoms. The Morgan fingerprint density at radius 1 is 1.00 bits per heavy atom. The van der Waals surface area contributed by atoms with Crippen molar-refractivity contribution < 1.29 is 35.1 Å². The maximum atomic E-state index is 13.7. The van der Waals surface area contributed by atoms with Crippen LogP contribution in [0.1, 0.15) is 52.0 Å². The van der Waals surface area contributed by atoms with Gasteiger partial charge in [-0.25, -0.2) is 9.18 Å². The summed E-state index contributed by atoms with van der Waals surface area (Å²) in [7, 11) is 0. The van der Waals surface area contributed by atoms with E-state index in [0.717, 1.165) is 17.8 Å². The standard InChI is InChI=1S/C30H39Cl2FN2O5/c1-5-39-28(37)23(18-21-6-10-24(33)11-7-21)20-27(36)26(34-29(38)40-30(2,3)4)19-22-8-12-25(13-9-22)35(16-14-31)17-15-32/h6-13,23,26H,5,14-20H2,1-4H3,(H,34,38)/t23-,26+/m1/s1/i1D3,5D2. The van der Waals surface area contributed by atoms with Crippen LogP contribution in [0.25, 0.3) is 0 Å². The van der Waals surface area contributed by atoms with E-state index in [1.165, 1.54) is 12.1 Å². The second-order valence-electron chi connectivity index (χ2n) is 10.2. The number of anilines is 1. The Morgan fingerprint density at radius 2 is 1.57 bits per heavy atom. The first kappa shape index (κ1) is 26.1. The fourth-order valence-corrected chi connectivity index (χ4v) is 4.42. The van der Waals surface area contributed by atoms with Crippen LogP contribution < -0.4 is 10.2 Å². The van der Waals surface area contributed by atoms with Crippen LogP contribution in [-0.2, 0) is 31.9 Å². The zero-order chi connectivity index (χ0) is 34.0. The number of carbonyl (C=O) groups excluding carboxylic acids is 3. The molecule has 0 heterocycles. The zero-order valence-corrected chi connectivity index (χ0v) is 24.4. The van der Waals surface area contributed by atoms with Crippen molar-refractivity contribution in [1.29, 1.82) is 0 Å². The maximum Gasteiger partial charge on any atom is 0.408 e. The van der Waals surface area contributed by atoms with Gasteiger partial charge in [-0.15, -0.1) is 23.2 Å². The maximum absolute atomic E-state index is 13.7. The fraction of sp³-hybridized carbons (Fsp3) is 0.500. The predicted molar refractivity (Wildman–Crippen MR) is 157 cm³/mol. The fourth-order valence-electron chi connectivity index (χ4n) is 4.01. The Bertz CT molecular complexity index is 1270. The van der Waals surface area contributed by atoms with Gasteiger partial charge in [-0.1, -0.05) is 24.3 Å². The van der Waals surface area contributed by atoms with Gasteiger partial charge in [0.2, 0.25) is 0 Å². The van der Waals surface area contributed by atoms with Crippen molar-refractivity contribution in [2.24, 2.45) is 5.92 Å². The number of amides is 1. The van der Waals surface area contributed by atoms with Gasteiger partial charge in [-0.2, -0.15) is 0 Å². The van der Waals surface area contributed by atoms with Crippen molar-refractivity contribution in [3.63, 3.8) is 0 Å². The van der Waals surface area contributed by atoms with Crippen LogP contribution in [0.5, 0.6) is 0 Å². The van der Waals surface area contributed by atoms with Gasteiger partial charge in [0, 0.05) is 41.1 Å². The molecule has 0 saturated carbocycles. The Labute approximate surface area is 253 Å². The number of ether oxygens (including phenoxy) is 2. The number of esters is 1. The minimum Gasteiger partial charge on any atom is -0.466 e. The summed E-state index contributed by atoms with van der Waals surface area (Å²) >= 11 is 11.8. The summed E-state index contributed by atoms with van der Waals surface area (Å²) in [4.78, 5) is 41.6. The van der Waals surface area contributed by atoms with E-state index in [9.17, 15) is 18.8 Å². The molecule has 7 nitrogen and oxygen atoms in total. The number of benzene rings is 2. The Hall–Kier alpha value is -2.84. The third-order valence-corrected chi connectivity index (χ3v) is 6.20. The van der Waals surface area contributed by atoms with Crippen molar-refractivity contribution in [3.8, 4) is 0 Å². The smallest absolute Gasteiger partial charge is 0.408 e. The molecule has 0 aliphatic carbocycles. The molecule has 2 atom stereocenters. The summed E-state index contributed by atoms with van der Waals surface area (Å²) in [6, 6.07) is 11.1. The first-order chi connectivity index (χ1) is 20.8. The second-order valence-corrected chi connectivity index (χ2v) is 10.9.